The molecule has 0 fully saturated rings. The first-order chi connectivity index (χ1) is 11.9. The van der Waals surface area contributed by atoms with Crippen molar-refractivity contribution in [3.8, 4) is 16.9 Å². The Bertz CT molecular complexity index is 1010. The molecule has 3 aromatic carbocycles. The summed E-state index contributed by atoms with van der Waals surface area (Å²) in [6.45, 7) is 1.92. The highest BCUT2D eigenvalue weighted by molar-refractivity contribution is 7.91. The van der Waals surface area contributed by atoms with E-state index < -0.39 is 15.7 Å². The molecule has 0 bridgehead atoms. The van der Waals surface area contributed by atoms with Gasteiger partial charge in [0.25, 0.3) is 0 Å². The Balaban J connectivity index is 2.10. The molecule has 0 saturated heterocycles. The van der Waals surface area contributed by atoms with Crippen LogP contribution in [0.2, 0.25) is 0 Å². The van der Waals surface area contributed by atoms with Crippen molar-refractivity contribution in [2.24, 2.45) is 0 Å². The van der Waals surface area contributed by atoms with E-state index in [9.17, 15) is 12.8 Å². The summed E-state index contributed by atoms with van der Waals surface area (Å²) in [6.07, 6.45) is 0. The van der Waals surface area contributed by atoms with Crippen molar-refractivity contribution >= 4 is 9.84 Å². The SMILES string of the molecule is COc1ccc(C)cc1-c1ccc(S(=O)(=O)c2ccccc2)c(F)c1. The van der Waals surface area contributed by atoms with Gasteiger partial charge in [-0.2, -0.15) is 0 Å². The normalized spacial score (nSPS) is 11.3. The van der Waals surface area contributed by atoms with Crippen molar-refractivity contribution < 1.29 is 17.5 Å². The second-order valence-corrected chi connectivity index (χ2v) is 7.58. The zero-order valence-corrected chi connectivity index (χ0v) is 14.7. The molecule has 0 aliphatic rings. The largest absolute Gasteiger partial charge is 0.496 e. The minimum Gasteiger partial charge on any atom is -0.496 e. The van der Waals surface area contributed by atoms with E-state index in [-0.39, 0.29) is 9.79 Å². The maximum atomic E-state index is 14.6. The predicted molar refractivity (Wildman–Crippen MR) is 95.0 cm³/mol. The van der Waals surface area contributed by atoms with Crippen LogP contribution in [0, 0.1) is 12.7 Å². The third-order valence-electron chi connectivity index (χ3n) is 3.94. The Morgan fingerprint density at radius 2 is 1.64 bits per heavy atom. The van der Waals surface area contributed by atoms with Gasteiger partial charge in [-0.05, 0) is 48.9 Å². The summed E-state index contributed by atoms with van der Waals surface area (Å²) in [4.78, 5) is -0.274. The third-order valence-corrected chi connectivity index (χ3v) is 5.74. The summed E-state index contributed by atoms with van der Waals surface area (Å²) in [5.74, 6) is -0.187. The molecule has 0 atom stereocenters. The standard InChI is InChI=1S/C20H17FO3S/c1-14-8-10-19(24-2)17(12-14)15-9-11-20(18(21)13-15)25(22,23)16-6-4-3-5-7-16/h3-13H,1-2H3. The number of methoxy groups -OCH3 is 1. The molecule has 3 rings (SSSR count). The van der Waals surface area contributed by atoms with Crippen LogP contribution >= 0.6 is 0 Å². The highest BCUT2D eigenvalue weighted by Gasteiger charge is 2.22. The molecule has 0 heterocycles. The van der Waals surface area contributed by atoms with Gasteiger partial charge in [0.05, 0.1) is 12.0 Å². The molecule has 0 aromatic heterocycles. The first-order valence-electron chi connectivity index (χ1n) is 7.68. The summed E-state index contributed by atoms with van der Waals surface area (Å²) in [5.41, 5.74) is 2.27. The van der Waals surface area contributed by atoms with Crippen LogP contribution in [0.1, 0.15) is 5.56 Å². The molecule has 0 saturated carbocycles. The molecule has 0 aliphatic carbocycles. The van der Waals surface area contributed by atoms with E-state index >= 15 is 0 Å². The molecule has 0 unspecified atom stereocenters. The van der Waals surface area contributed by atoms with Gasteiger partial charge in [-0.15, -0.1) is 0 Å². The van der Waals surface area contributed by atoms with Gasteiger partial charge in [0.1, 0.15) is 16.5 Å². The van der Waals surface area contributed by atoms with E-state index in [0.717, 1.165) is 5.56 Å². The number of aryl methyl sites for hydroxylation is 1. The van der Waals surface area contributed by atoms with Gasteiger partial charge in [0.15, 0.2) is 0 Å². The third kappa shape index (κ3) is 3.28. The number of ether oxygens (including phenoxy) is 1. The lowest BCUT2D eigenvalue weighted by Crippen LogP contribution is -2.04. The highest BCUT2D eigenvalue weighted by Crippen LogP contribution is 2.33. The van der Waals surface area contributed by atoms with Crippen molar-refractivity contribution in [2.75, 3.05) is 7.11 Å². The van der Waals surface area contributed by atoms with Crippen molar-refractivity contribution in [3.05, 3.63) is 78.1 Å². The van der Waals surface area contributed by atoms with Gasteiger partial charge in [-0.1, -0.05) is 35.9 Å². The Kier molecular flexibility index (Phi) is 4.59. The quantitative estimate of drug-likeness (QED) is 0.684. The van der Waals surface area contributed by atoms with Crippen LogP contribution in [0.3, 0.4) is 0 Å². The molecule has 3 nitrogen and oxygen atoms in total. The monoisotopic (exact) mass is 356 g/mol. The average molecular weight is 356 g/mol. The maximum Gasteiger partial charge on any atom is 0.209 e. The second kappa shape index (κ2) is 6.69. The van der Waals surface area contributed by atoms with E-state index in [1.54, 1.807) is 37.4 Å². The van der Waals surface area contributed by atoms with Gasteiger partial charge in [0.2, 0.25) is 9.84 Å². The number of halogens is 1. The zero-order chi connectivity index (χ0) is 18.0. The average Bonchev–Trinajstić information content (AvgIpc) is 2.62. The number of hydrogen-bond acceptors (Lipinski definition) is 3. The lowest BCUT2D eigenvalue weighted by Gasteiger charge is -2.12. The van der Waals surface area contributed by atoms with Crippen molar-refractivity contribution in [3.63, 3.8) is 0 Å². The van der Waals surface area contributed by atoms with Gasteiger partial charge in [0, 0.05) is 5.56 Å². The number of rotatable bonds is 4. The van der Waals surface area contributed by atoms with Crippen LogP contribution in [0.15, 0.2) is 76.5 Å². The fourth-order valence-electron chi connectivity index (χ4n) is 2.66. The lowest BCUT2D eigenvalue weighted by atomic mass is 10.0. The van der Waals surface area contributed by atoms with Crippen molar-refractivity contribution in [1.82, 2.24) is 0 Å². The Morgan fingerprint density at radius 3 is 2.28 bits per heavy atom. The number of benzene rings is 3. The Labute approximate surface area is 146 Å². The predicted octanol–water partition coefficient (Wildman–Crippen LogP) is 4.64. The van der Waals surface area contributed by atoms with E-state index in [2.05, 4.69) is 0 Å². The first kappa shape index (κ1) is 17.2. The first-order valence-corrected chi connectivity index (χ1v) is 9.16. The van der Waals surface area contributed by atoms with Crippen LogP contribution in [0.5, 0.6) is 5.75 Å². The Hall–Kier alpha value is -2.66. The van der Waals surface area contributed by atoms with Gasteiger partial charge in [-0.3, -0.25) is 0 Å². The van der Waals surface area contributed by atoms with Gasteiger partial charge in [-0.25, -0.2) is 12.8 Å². The second-order valence-electron chi connectivity index (χ2n) is 5.67. The molecule has 128 valence electrons. The molecule has 0 spiro atoms. The number of hydrogen-bond donors (Lipinski definition) is 0. The smallest absolute Gasteiger partial charge is 0.209 e. The summed E-state index contributed by atoms with van der Waals surface area (Å²) >= 11 is 0. The molecule has 25 heavy (non-hydrogen) atoms. The molecule has 0 radical (unpaired) electrons. The van der Waals surface area contributed by atoms with Crippen LogP contribution in [-0.4, -0.2) is 15.5 Å². The topological polar surface area (TPSA) is 43.4 Å². The Morgan fingerprint density at radius 1 is 0.920 bits per heavy atom. The van der Waals surface area contributed by atoms with E-state index in [4.69, 9.17) is 4.74 Å². The molecule has 5 heteroatoms. The van der Waals surface area contributed by atoms with E-state index in [0.29, 0.717) is 16.9 Å². The zero-order valence-electron chi connectivity index (χ0n) is 13.9. The molecule has 3 aromatic rings. The lowest BCUT2D eigenvalue weighted by molar-refractivity contribution is 0.416. The highest BCUT2D eigenvalue weighted by atomic mass is 32.2. The van der Waals surface area contributed by atoms with Crippen LogP contribution < -0.4 is 4.74 Å². The number of sulfone groups is 1. The minimum atomic E-state index is -3.90. The fraction of sp³-hybridized carbons (Fsp3) is 0.100. The molecule has 0 amide bonds. The molecular formula is C20H17FO3S. The molecule has 0 aliphatic heterocycles. The van der Waals surface area contributed by atoms with E-state index in [1.807, 2.05) is 19.1 Å². The molecule has 0 N–H and O–H groups in total. The maximum absolute atomic E-state index is 14.6. The van der Waals surface area contributed by atoms with Crippen molar-refractivity contribution in [2.45, 2.75) is 16.7 Å². The van der Waals surface area contributed by atoms with Crippen LogP contribution in [0.25, 0.3) is 11.1 Å². The summed E-state index contributed by atoms with van der Waals surface area (Å²) in [7, 11) is -2.36. The minimum absolute atomic E-state index is 0.0646. The van der Waals surface area contributed by atoms with Crippen LogP contribution in [-0.2, 0) is 9.84 Å². The van der Waals surface area contributed by atoms with E-state index in [1.165, 1.54) is 24.3 Å². The summed E-state index contributed by atoms with van der Waals surface area (Å²) in [6, 6.07) is 17.5. The van der Waals surface area contributed by atoms with Gasteiger partial charge < -0.3 is 4.74 Å². The van der Waals surface area contributed by atoms with Crippen molar-refractivity contribution in [1.29, 1.82) is 0 Å². The van der Waals surface area contributed by atoms with Gasteiger partial charge >= 0.3 is 0 Å². The molecular weight excluding hydrogens is 339 g/mol. The summed E-state index contributed by atoms with van der Waals surface area (Å²) < 4.78 is 45.2. The van der Waals surface area contributed by atoms with Crippen LogP contribution in [0.4, 0.5) is 4.39 Å². The fourth-order valence-corrected chi connectivity index (χ4v) is 3.99. The summed E-state index contributed by atoms with van der Waals surface area (Å²) in [5, 5.41) is 0.